The predicted octanol–water partition coefficient (Wildman–Crippen LogP) is 2.77. The largest absolute Gasteiger partial charge is 0.454 e. The molecule has 0 saturated carbocycles. The quantitative estimate of drug-likeness (QED) is 0.648. The second-order valence-electron chi connectivity index (χ2n) is 6.58. The lowest BCUT2D eigenvalue weighted by Crippen LogP contribution is -2.31. The fraction of sp³-hybridized carbons (Fsp3) is 0.381. The molecule has 148 valence electrons. The van der Waals surface area contributed by atoms with Crippen molar-refractivity contribution in [2.45, 2.75) is 6.10 Å². The lowest BCUT2D eigenvalue weighted by atomic mass is 9.96. The summed E-state index contributed by atoms with van der Waals surface area (Å²) >= 11 is 0. The summed E-state index contributed by atoms with van der Waals surface area (Å²) in [6.45, 7) is 2.68. The van der Waals surface area contributed by atoms with Gasteiger partial charge in [-0.05, 0) is 12.1 Å². The SMILES string of the molecule is COCCN(CCOC)c1ccccc1C1OC(=O)c2c1ccc1c2OCO1. The fourth-order valence-corrected chi connectivity index (χ4v) is 3.63. The zero-order valence-electron chi connectivity index (χ0n) is 16.0. The van der Waals surface area contributed by atoms with Crippen LogP contribution in [0.3, 0.4) is 0 Å². The number of fused-ring (bicyclic) bond motifs is 3. The molecule has 0 aromatic heterocycles. The minimum absolute atomic E-state index is 0.113. The highest BCUT2D eigenvalue weighted by Crippen LogP contribution is 2.47. The Bertz CT molecular complexity index is 860. The predicted molar refractivity (Wildman–Crippen MR) is 102 cm³/mol. The number of methoxy groups -OCH3 is 2. The summed E-state index contributed by atoms with van der Waals surface area (Å²) in [7, 11) is 3.36. The number of carbonyl (C=O) groups excluding carboxylic acids is 1. The number of anilines is 1. The normalized spacial score (nSPS) is 16.8. The molecule has 0 bridgehead atoms. The Morgan fingerprint density at radius 1 is 1.00 bits per heavy atom. The van der Waals surface area contributed by atoms with E-state index >= 15 is 0 Å². The molecule has 0 aliphatic carbocycles. The highest BCUT2D eigenvalue weighted by molar-refractivity contribution is 5.99. The molecule has 0 saturated heterocycles. The molecule has 4 rings (SSSR count). The number of esters is 1. The van der Waals surface area contributed by atoms with Gasteiger partial charge in [0.15, 0.2) is 17.6 Å². The van der Waals surface area contributed by atoms with Crippen LogP contribution in [0, 0.1) is 0 Å². The van der Waals surface area contributed by atoms with Crippen LogP contribution >= 0.6 is 0 Å². The van der Waals surface area contributed by atoms with Crippen LogP contribution in [0.2, 0.25) is 0 Å². The number of nitrogens with zero attached hydrogens (tertiary/aromatic N) is 1. The van der Waals surface area contributed by atoms with Crippen molar-refractivity contribution in [3.8, 4) is 11.5 Å². The van der Waals surface area contributed by atoms with E-state index in [2.05, 4.69) is 4.90 Å². The summed E-state index contributed by atoms with van der Waals surface area (Å²) < 4.78 is 27.2. The lowest BCUT2D eigenvalue weighted by Gasteiger charge is -2.28. The Hall–Kier alpha value is -2.77. The van der Waals surface area contributed by atoms with Crippen molar-refractivity contribution >= 4 is 11.7 Å². The molecule has 0 amide bonds. The molecule has 0 N–H and O–H groups in total. The van der Waals surface area contributed by atoms with E-state index in [0.717, 1.165) is 16.8 Å². The second kappa shape index (κ2) is 8.08. The van der Waals surface area contributed by atoms with Crippen LogP contribution in [0.5, 0.6) is 11.5 Å². The number of hydrogen-bond acceptors (Lipinski definition) is 7. The summed E-state index contributed by atoms with van der Waals surface area (Å²) in [4.78, 5) is 14.8. The Morgan fingerprint density at radius 3 is 2.50 bits per heavy atom. The molecule has 1 atom stereocenters. The van der Waals surface area contributed by atoms with Crippen LogP contribution in [-0.4, -0.2) is 53.3 Å². The van der Waals surface area contributed by atoms with Crippen LogP contribution < -0.4 is 14.4 Å². The maximum atomic E-state index is 12.6. The van der Waals surface area contributed by atoms with Crippen molar-refractivity contribution in [1.82, 2.24) is 0 Å². The maximum absolute atomic E-state index is 12.6. The van der Waals surface area contributed by atoms with Gasteiger partial charge in [0.1, 0.15) is 5.56 Å². The molecule has 1 unspecified atom stereocenters. The number of ether oxygens (including phenoxy) is 5. The van der Waals surface area contributed by atoms with Crippen LogP contribution in [0.25, 0.3) is 0 Å². The highest BCUT2D eigenvalue weighted by Gasteiger charge is 2.39. The van der Waals surface area contributed by atoms with Gasteiger partial charge in [-0.15, -0.1) is 0 Å². The molecule has 0 spiro atoms. The van der Waals surface area contributed by atoms with Gasteiger partial charge in [-0.3, -0.25) is 0 Å². The van der Waals surface area contributed by atoms with Crippen molar-refractivity contribution in [2.75, 3.05) is 52.2 Å². The number of benzene rings is 2. The van der Waals surface area contributed by atoms with E-state index in [1.54, 1.807) is 14.2 Å². The highest BCUT2D eigenvalue weighted by atomic mass is 16.7. The number of rotatable bonds is 8. The minimum Gasteiger partial charge on any atom is -0.454 e. The number of carbonyl (C=O) groups is 1. The van der Waals surface area contributed by atoms with E-state index < -0.39 is 12.1 Å². The molecule has 0 radical (unpaired) electrons. The molecule has 0 fully saturated rings. The first-order chi connectivity index (χ1) is 13.7. The van der Waals surface area contributed by atoms with E-state index in [1.807, 2.05) is 36.4 Å². The minimum atomic E-state index is -0.499. The van der Waals surface area contributed by atoms with Gasteiger partial charge < -0.3 is 28.6 Å². The molecule has 2 heterocycles. The topological polar surface area (TPSA) is 66.5 Å². The molecule has 7 heteroatoms. The van der Waals surface area contributed by atoms with Gasteiger partial charge in [-0.2, -0.15) is 0 Å². The van der Waals surface area contributed by atoms with Crippen molar-refractivity contribution in [3.63, 3.8) is 0 Å². The third-order valence-corrected chi connectivity index (χ3v) is 4.97. The first-order valence-corrected chi connectivity index (χ1v) is 9.19. The molecule has 2 aromatic rings. The third-order valence-electron chi connectivity index (χ3n) is 4.97. The molecule has 28 heavy (non-hydrogen) atoms. The number of para-hydroxylation sites is 1. The van der Waals surface area contributed by atoms with Crippen LogP contribution in [0.4, 0.5) is 5.69 Å². The average Bonchev–Trinajstić information content (AvgIpc) is 3.32. The monoisotopic (exact) mass is 385 g/mol. The summed E-state index contributed by atoms with van der Waals surface area (Å²) in [5.41, 5.74) is 3.15. The lowest BCUT2D eigenvalue weighted by molar-refractivity contribution is 0.0453. The molecule has 2 aromatic carbocycles. The van der Waals surface area contributed by atoms with E-state index in [-0.39, 0.29) is 6.79 Å². The van der Waals surface area contributed by atoms with Gasteiger partial charge in [0, 0.05) is 44.1 Å². The Labute approximate surface area is 163 Å². The fourth-order valence-electron chi connectivity index (χ4n) is 3.63. The molecule has 2 aliphatic rings. The van der Waals surface area contributed by atoms with E-state index in [0.29, 0.717) is 43.4 Å². The first kappa shape index (κ1) is 18.6. The maximum Gasteiger partial charge on any atom is 0.343 e. The third kappa shape index (κ3) is 3.27. The van der Waals surface area contributed by atoms with E-state index in [9.17, 15) is 4.79 Å². The number of cyclic esters (lactones) is 1. The van der Waals surface area contributed by atoms with Crippen LogP contribution in [0.1, 0.15) is 27.6 Å². The first-order valence-electron chi connectivity index (χ1n) is 9.19. The van der Waals surface area contributed by atoms with Gasteiger partial charge in [0.2, 0.25) is 6.79 Å². The summed E-state index contributed by atoms with van der Waals surface area (Å²) in [6.07, 6.45) is -0.499. The Morgan fingerprint density at radius 2 is 1.75 bits per heavy atom. The van der Waals surface area contributed by atoms with Crippen molar-refractivity contribution in [2.24, 2.45) is 0 Å². The van der Waals surface area contributed by atoms with Crippen LogP contribution in [0.15, 0.2) is 36.4 Å². The van der Waals surface area contributed by atoms with Gasteiger partial charge >= 0.3 is 5.97 Å². The second-order valence-corrected chi connectivity index (χ2v) is 6.58. The summed E-state index contributed by atoms with van der Waals surface area (Å²) in [6, 6.07) is 11.6. The molecular weight excluding hydrogens is 362 g/mol. The Kier molecular flexibility index (Phi) is 5.36. The zero-order valence-corrected chi connectivity index (χ0v) is 16.0. The molecule has 7 nitrogen and oxygen atoms in total. The van der Waals surface area contributed by atoms with Crippen molar-refractivity contribution in [1.29, 1.82) is 0 Å². The smallest absolute Gasteiger partial charge is 0.343 e. The Balaban J connectivity index is 1.73. The van der Waals surface area contributed by atoms with Gasteiger partial charge in [0.25, 0.3) is 0 Å². The standard InChI is InChI=1S/C21H23NO6/c1-24-11-9-22(10-12-25-2)16-6-4-3-5-14(16)19-15-7-8-17-20(27-13-26-17)18(15)21(23)28-19/h3-8,19H,9-13H2,1-2H3. The molecule has 2 aliphatic heterocycles. The zero-order chi connectivity index (χ0) is 19.5. The van der Waals surface area contributed by atoms with E-state index in [1.165, 1.54) is 0 Å². The average molecular weight is 385 g/mol. The number of hydrogen-bond donors (Lipinski definition) is 0. The van der Waals surface area contributed by atoms with Gasteiger partial charge in [0.05, 0.1) is 13.2 Å². The molecular formula is C21H23NO6. The van der Waals surface area contributed by atoms with Gasteiger partial charge in [-0.1, -0.05) is 24.3 Å². The van der Waals surface area contributed by atoms with Crippen molar-refractivity contribution < 1.29 is 28.5 Å². The van der Waals surface area contributed by atoms with E-state index in [4.69, 9.17) is 23.7 Å². The van der Waals surface area contributed by atoms with Crippen molar-refractivity contribution in [3.05, 3.63) is 53.1 Å². The van der Waals surface area contributed by atoms with Gasteiger partial charge in [-0.25, -0.2) is 4.79 Å². The summed E-state index contributed by atoms with van der Waals surface area (Å²) in [5.74, 6) is 0.655. The van der Waals surface area contributed by atoms with Crippen LogP contribution in [-0.2, 0) is 14.2 Å². The summed E-state index contributed by atoms with van der Waals surface area (Å²) in [5, 5.41) is 0.